The van der Waals surface area contributed by atoms with Gasteiger partial charge in [0.1, 0.15) is 0 Å². The number of nitrogens with zero attached hydrogens (tertiary/aromatic N) is 3. The van der Waals surface area contributed by atoms with Crippen molar-refractivity contribution in [1.29, 1.82) is 0 Å². The number of anilines is 1. The van der Waals surface area contributed by atoms with E-state index in [1.165, 1.54) is 18.3 Å². The first kappa shape index (κ1) is 20.3. The van der Waals surface area contributed by atoms with Crippen molar-refractivity contribution in [3.05, 3.63) is 47.5 Å². The highest BCUT2D eigenvalue weighted by atomic mass is 32.1. The molecule has 1 aliphatic rings. The van der Waals surface area contributed by atoms with Gasteiger partial charge < -0.3 is 14.4 Å². The summed E-state index contributed by atoms with van der Waals surface area (Å²) in [6, 6.07) is 10.5. The van der Waals surface area contributed by atoms with Gasteiger partial charge in [-0.3, -0.25) is 14.5 Å². The zero-order valence-corrected chi connectivity index (χ0v) is 18.0. The molecule has 156 valence electrons. The first-order chi connectivity index (χ1) is 14.4. The molecule has 0 saturated heterocycles. The molecule has 7 nitrogen and oxygen atoms in total. The van der Waals surface area contributed by atoms with E-state index in [0.29, 0.717) is 34.3 Å². The lowest BCUT2D eigenvalue weighted by Crippen LogP contribution is -2.33. The van der Waals surface area contributed by atoms with Crippen molar-refractivity contribution < 1.29 is 19.1 Å². The average Bonchev–Trinajstić information content (AvgIpc) is 3.34. The Morgan fingerprint density at radius 2 is 1.70 bits per heavy atom. The summed E-state index contributed by atoms with van der Waals surface area (Å²) in [5.74, 6) is 1.20. The summed E-state index contributed by atoms with van der Waals surface area (Å²) >= 11 is 1.45. The first-order valence-electron chi connectivity index (χ1n) is 9.70. The van der Waals surface area contributed by atoms with Crippen LogP contribution in [0.5, 0.6) is 11.5 Å². The number of hydrogen-bond donors (Lipinski definition) is 0. The van der Waals surface area contributed by atoms with E-state index in [0.717, 1.165) is 23.2 Å². The van der Waals surface area contributed by atoms with Crippen molar-refractivity contribution in [3.63, 3.8) is 0 Å². The third-order valence-electron chi connectivity index (χ3n) is 4.87. The number of ether oxygens (including phenoxy) is 2. The molecule has 0 N–H and O–H groups in total. The molecule has 1 aromatic heterocycles. The van der Waals surface area contributed by atoms with Gasteiger partial charge in [-0.25, -0.2) is 4.98 Å². The molecule has 3 aromatic rings. The van der Waals surface area contributed by atoms with Gasteiger partial charge in [0, 0.05) is 29.8 Å². The van der Waals surface area contributed by atoms with Crippen molar-refractivity contribution in [2.45, 2.75) is 13.3 Å². The second-order valence-electron chi connectivity index (χ2n) is 7.42. The standard InChI is InChI=1S/C22H23N3O4S/c1-14(26)15-5-7-16(8-6-15)21(27)25(10-4-9-24(2)3)22-23-17-11-18-19(29-13-28-18)12-20(17)30-22/h5-8,11-12H,4,9-10,13H2,1-3H3. The summed E-state index contributed by atoms with van der Waals surface area (Å²) in [6.45, 7) is 3.12. The van der Waals surface area contributed by atoms with Crippen LogP contribution in [0.3, 0.4) is 0 Å². The lowest BCUT2D eigenvalue weighted by Gasteiger charge is -2.21. The molecule has 8 heteroatoms. The van der Waals surface area contributed by atoms with Gasteiger partial charge in [0.2, 0.25) is 6.79 Å². The number of hydrogen-bond acceptors (Lipinski definition) is 7. The molecule has 4 rings (SSSR count). The summed E-state index contributed by atoms with van der Waals surface area (Å²) in [7, 11) is 4.01. The van der Waals surface area contributed by atoms with Gasteiger partial charge in [-0.05, 0) is 46.1 Å². The van der Waals surface area contributed by atoms with Crippen LogP contribution in [0.2, 0.25) is 0 Å². The van der Waals surface area contributed by atoms with Gasteiger partial charge in [-0.15, -0.1) is 0 Å². The van der Waals surface area contributed by atoms with Gasteiger partial charge in [0.25, 0.3) is 5.91 Å². The number of ketones is 1. The molecule has 0 saturated carbocycles. The van der Waals surface area contributed by atoms with Crippen molar-refractivity contribution in [1.82, 2.24) is 9.88 Å². The van der Waals surface area contributed by atoms with E-state index in [-0.39, 0.29) is 18.5 Å². The van der Waals surface area contributed by atoms with E-state index in [9.17, 15) is 9.59 Å². The van der Waals surface area contributed by atoms with Gasteiger partial charge in [0.05, 0.1) is 10.2 Å². The number of benzene rings is 2. The number of rotatable bonds is 7. The molecular formula is C22H23N3O4S. The summed E-state index contributed by atoms with van der Waals surface area (Å²) in [6.07, 6.45) is 0.808. The molecule has 0 spiro atoms. The Kier molecular flexibility index (Phi) is 5.69. The van der Waals surface area contributed by atoms with E-state index in [1.807, 2.05) is 26.2 Å². The first-order valence-corrected chi connectivity index (χ1v) is 10.5. The fraction of sp³-hybridized carbons (Fsp3) is 0.318. The number of carbonyl (C=O) groups is 2. The maximum atomic E-state index is 13.3. The fourth-order valence-corrected chi connectivity index (χ4v) is 4.25. The van der Waals surface area contributed by atoms with E-state index in [1.54, 1.807) is 29.2 Å². The van der Waals surface area contributed by atoms with Crippen LogP contribution in [0, 0.1) is 0 Å². The lowest BCUT2D eigenvalue weighted by atomic mass is 10.1. The molecular weight excluding hydrogens is 402 g/mol. The van der Waals surface area contributed by atoms with Crippen molar-refractivity contribution in [2.24, 2.45) is 0 Å². The summed E-state index contributed by atoms with van der Waals surface area (Å²) in [5, 5.41) is 0.632. The zero-order valence-electron chi connectivity index (χ0n) is 17.2. The second kappa shape index (κ2) is 8.41. The number of aromatic nitrogens is 1. The smallest absolute Gasteiger partial charge is 0.260 e. The van der Waals surface area contributed by atoms with Gasteiger partial charge in [0.15, 0.2) is 22.4 Å². The summed E-state index contributed by atoms with van der Waals surface area (Å²) in [4.78, 5) is 33.4. The normalized spacial score (nSPS) is 12.5. The van der Waals surface area contributed by atoms with Crippen LogP contribution < -0.4 is 14.4 Å². The molecule has 2 heterocycles. The minimum atomic E-state index is -0.136. The monoisotopic (exact) mass is 425 g/mol. The second-order valence-corrected chi connectivity index (χ2v) is 8.43. The van der Waals surface area contributed by atoms with Gasteiger partial charge in [-0.2, -0.15) is 0 Å². The van der Waals surface area contributed by atoms with E-state index >= 15 is 0 Å². The van der Waals surface area contributed by atoms with Crippen LogP contribution in [0.25, 0.3) is 10.2 Å². The van der Waals surface area contributed by atoms with Crippen molar-refractivity contribution in [2.75, 3.05) is 38.9 Å². The highest BCUT2D eigenvalue weighted by Crippen LogP contribution is 2.40. The average molecular weight is 426 g/mol. The van der Waals surface area contributed by atoms with Gasteiger partial charge >= 0.3 is 0 Å². The fourth-order valence-electron chi connectivity index (χ4n) is 3.25. The molecule has 0 bridgehead atoms. The number of carbonyl (C=O) groups excluding carboxylic acids is 2. The number of fused-ring (bicyclic) bond motifs is 2. The third kappa shape index (κ3) is 4.15. The third-order valence-corrected chi connectivity index (χ3v) is 5.91. The molecule has 0 aliphatic carbocycles. The highest BCUT2D eigenvalue weighted by Gasteiger charge is 2.23. The minimum absolute atomic E-state index is 0.0273. The Bertz CT molecular complexity index is 1050. The van der Waals surface area contributed by atoms with Crippen LogP contribution in [-0.2, 0) is 0 Å². The molecule has 0 fully saturated rings. The van der Waals surface area contributed by atoms with E-state index in [4.69, 9.17) is 14.5 Å². The van der Waals surface area contributed by atoms with Crippen LogP contribution in [-0.4, -0.2) is 55.6 Å². The van der Waals surface area contributed by atoms with Crippen LogP contribution >= 0.6 is 11.3 Å². The predicted molar refractivity (Wildman–Crippen MR) is 117 cm³/mol. The molecule has 2 aromatic carbocycles. The summed E-state index contributed by atoms with van der Waals surface area (Å²) < 4.78 is 11.8. The number of amides is 1. The van der Waals surface area contributed by atoms with E-state index in [2.05, 4.69) is 4.90 Å². The Morgan fingerprint density at radius 3 is 2.37 bits per heavy atom. The predicted octanol–water partition coefficient (Wildman–Crippen LogP) is 3.83. The molecule has 0 radical (unpaired) electrons. The molecule has 30 heavy (non-hydrogen) atoms. The quantitative estimate of drug-likeness (QED) is 0.536. The maximum Gasteiger partial charge on any atom is 0.260 e. The van der Waals surface area contributed by atoms with Crippen LogP contribution in [0.1, 0.15) is 34.1 Å². The Hall–Kier alpha value is -2.97. The molecule has 0 atom stereocenters. The van der Waals surface area contributed by atoms with Crippen molar-refractivity contribution >= 4 is 38.4 Å². The van der Waals surface area contributed by atoms with Gasteiger partial charge in [-0.1, -0.05) is 23.5 Å². The minimum Gasteiger partial charge on any atom is -0.454 e. The molecule has 1 amide bonds. The zero-order chi connectivity index (χ0) is 21.3. The Balaban J connectivity index is 1.65. The maximum absolute atomic E-state index is 13.3. The highest BCUT2D eigenvalue weighted by molar-refractivity contribution is 7.22. The van der Waals surface area contributed by atoms with Crippen molar-refractivity contribution in [3.8, 4) is 11.5 Å². The van der Waals surface area contributed by atoms with E-state index < -0.39 is 0 Å². The molecule has 1 aliphatic heterocycles. The topological polar surface area (TPSA) is 72.0 Å². The molecule has 0 unspecified atom stereocenters. The Morgan fingerprint density at radius 1 is 1.03 bits per heavy atom. The number of thiazole rings is 1. The van der Waals surface area contributed by atoms with Crippen LogP contribution in [0.4, 0.5) is 5.13 Å². The Labute approximate surface area is 178 Å². The SMILES string of the molecule is CC(=O)c1ccc(C(=O)N(CCCN(C)C)c2nc3cc4c(cc3s2)OCO4)cc1. The summed E-state index contributed by atoms with van der Waals surface area (Å²) in [5.41, 5.74) is 1.88. The lowest BCUT2D eigenvalue weighted by molar-refractivity contribution is 0.0981. The number of Topliss-reactive ketones (excluding diaryl/α,β-unsaturated/α-hetero) is 1. The largest absolute Gasteiger partial charge is 0.454 e. The van der Waals surface area contributed by atoms with Crippen LogP contribution in [0.15, 0.2) is 36.4 Å².